The molecule has 1 heterocycles. The summed E-state index contributed by atoms with van der Waals surface area (Å²) in [4.78, 5) is 30.8. The minimum atomic E-state index is -0.216. The van der Waals surface area contributed by atoms with E-state index >= 15 is 0 Å². The third-order valence-corrected chi connectivity index (χ3v) is 4.72. The molecule has 0 aliphatic carbocycles. The van der Waals surface area contributed by atoms with E-state index in [1.807, 2.05) is 52.0 Å². The predicted octanol–water partition coefficient (Wildman–Crippen LogP) is 3.58. The van der Waals surface area contributed by atoms with Crippen molar-refractivity contribution in [3.05, 3.63) is 29.8 Å². The summed E-state index contributed by atoms with van der Waals surface area (Å²) in [5, 5.41) is 8.94. The Bertz CT molecular complexity index is 724. The molecule has 1 aromatic carbocycles. The molecule has 1 saturated heterocycles. The average Bonchev–Trinajstić information content (AvgIpc) is 2.72. The quantitative estimate of drug-likeness (QED) is 0.211. The molecule has 0 radical (unpaired) electrons. The molecule has 2 amide bonds. The van der Waals surface area contributed by atoms with Crippen LogP contribution in [-0.2, 0) is 16.1 Å². The highest BCUT2D eigenvalue weighted by Gasteiger charge is 2.28. The Labute approximate surface area is 202 Å². The number of anilines is 1. The minimum Gasteiger partial charge on any atom is -0.466 e. The maximum absolute atomic E-state index is 12.1. The summed E-state index contributed by atoms with van der Waals surface area (Å²) in [6, 6.07) is 7.52. The monoisotopic (exact) mass is 545 g/mol. The lowest BCUT2D eigenvalue weighted by Gasteiger charge is -2.34. The fourth-order valence-electron chi connectivity index (χ4n) is 3.34. The van der Waals surface area contributed by atoms with Crippen LogP contribution in [0.1, 0.15) is 46.1 Å². The van der Waals surface area contributed by atoms with Crippen molar-refractivity contribution in [2.45, 2.75) is 53.1 Å². The molecule has 0 saturated carbocycles. The van der Waals surface area contributed by atoms with Crippen LogP contribution in [0.3, 0.4) is 0 Å². The highest BCUT2D eigenvalue weighted by molar-refractivity contribution is 14.0. The fraction of sp³-hybridized carbons (Fsp3) is 0.591. The summed E-state index contributed by atoms with van der Waals surface area (Å²) in [6.45, 7) is 10.9. The van der Waals surface area contributed by atoms with Crippen LogP contribution in [0.4, 0.5) is 10.5 Å². The van der Waals surface area contributed by atoms with Gasteiger partial charge in [0.05, 0.1) is 19.1 Å². The van der Waals surface area contributed by atoms with Gasteiger partial charge in [0.15, 0.2) is 5.96 Å². The summed E-state index contributed by atoms with van der Waals surface area (Å²) in [6.07, 6.45) is 1.79. The second-order valence-corrected chi connectivity index (χ2v) is 7.66. The number of ether oxygens (including phenoxy) is 1. The van der Waals surface area contributed by atoms with E-state index in [0.717, 1.165) is 43.1 Å². The second kappa shape index (κ2) is 14.1. The van der Waals surface area contributed by atoms with Crippen molar-refractivity contribution in [2.24, 2.45) is 10.9 Å². The molecule has 174 valence electrons. The molecule has 0 spiro atoms. The molecule has 31 heavy (non-hydrogen) atoms. The molecule has 8 nitrogen and oxygen atoms in total. The molecule has 1 aromatic rings. The third kappa shape index (κ3) is 9.32. The van der Waals surface area contributed by atoms with Gasteiger partial charge in [0.2, 0.25) is 0 Å². The molecular formula is C22H36IN5O3. The number of urea groups is 1. The molecule has 0 aromatic heterocycles. The molecule has 0 bridgehead atoms. The Hall–Kier alpha value is -2.04. The van der Waals surface area contributed by atoms with Crippen LogP contribution in [0, 0.1) is 5.92 Å². The number of esters is 1. The zero-order valence-electron chi connectivity index (χ0n) is 18.9. The molecule has 9 heteroatoms. The first-order valence-electron chi connectivity index (χ1n) is 10.8. The zero-order chi connectivity index (χ0) is 21.9. The van der Waals surface area contributed by atoms with Crippen molar-refractivity contribution in [2.75, 3.05) is 31.6 Å². The number of nitrogens with one attached hydrogen (secondary N) is 3. The first kappa shape index (κ1) is 27.0. The Morgan fingerprint density at radius 2 is 1.94 bits per heavy atom. The van der Waals surface area contributed by atoms with Crippen LogP contribution in [0.5, 0.6) is 0 Å². The lowest BCUT2D eigenvalue weighted by Crippen LogP contribution is -2.48. The topological polar surface area (TPSA) is 95.1 Å². The largest absolute Gasteiger partial charge is 0.466 e. The number of hydrogen-bond acceptors (Lipinski definition) is 4. The molecule has 1 unspecified atom stereocenters. The van der Waals surface area contributed by atoms with Crippen molar-refractivity contribution in [1.29, 1.82) is 0 Å². The van der Waals surface area contributed by atoms with Gasteiger partial charge in [-0.3, -0.25) is 4.79 Å². The van der Waals surface area contributed by atoms with Gasteiger partial charge in [-0.15, -0.1) is 24.0 Å². The number of halogens is 1. The van der Waals surface area contributed by atoms with Crippen molar-refractivity contribution in [3.8, 4) is 0 Å². The van der Waals surface area contributed by atoms with Crippen LogP contribution in [0.15, 0.2) is 29.3 Å². The van der Waals surface area contributed by atoms with E-state index in [0.29, 0.717) is 19.7 Å². The van der Waals surface area contributed by atoms with Gasteiger partial charge in [-0.05, 0) is 58.2 Å². The number of guanidine groups is 1. The predicted molar refractivity (Wildman–Crippen MR) is 135 cm³/mol. The number of carbonyl (C=O) groups is 2. The van der Waals surface area contributed by atoms with E-state index in [9.17, 15) is 9.59 Å². The Morgan fingerprint density at radius 1 is 1.23 bits per heavy atom. The first-order chi connectivity index (χ1) is 14.4. The van der Waals surface area contributed by atoms with Crippen molar-refractivity contribution >= 4 is 47.6 Å². The van der Waals surface area contributed by atoms with Gasteiger partial charge in [0.1, 0.15) is 0 Å². The highest BCUT2D eigenvalue weighted by Crippen LogP contribution is 2.18. The van der Waals surface area contributed by atoms with E-state index in [2.05, 4.69) is 20.9 Å². The Morgan fingerprint density at radius 3 is 2.55 bits per heavy atom. The summed E-state index contributed by atoms with van der Waals surface area (Å²) in [5.41, 5.74) is 1.78. The fourth-order valence-corrected chi connectivity index (χ4v) is 3.34. The standard InChI is InChI=1S/C22H35N5O3.HI/c1-5-23-21(27-13-7-8-18(15-27)20(28)30-6-2)24-14-17-9-11-19(12-10-17)26-22(29)25-16(3)4;/h9-12,16,18H,5-8,13-15H2,1-4H3,(H,23,24)(H2,25,26,29);1H. The lowest BCUT2D eigenvalue weighted by atomic mass is 9.98. The zero-order valence-corrected chi connectivity index (χ0v) is 21.3. The van der Waals surface area contributed by atoms with Gasteiger partial charge in [-0.25, -0.2) is 9.79 Å². The SMILES string of the molecule is CCNC(=NCc1ccc(NC(=O)NC(C)C)cc1)N1CCCC(C(=O)OCC)C1.I. The van der Waals surface area contributed by atoms with Gasteiger partial charge >= 0.3 is 12.0 Å². The summed E-state index contributed by atoms with van der Waals surface area (Å²) in [5.74, 6) is 0.581. The van der Waals surface area contributed by atoms with Gasteiger partial charge in [-0.2, -0.15) is 0 Å². The van der Waals surface area contributed by atoms with Gasteiger partial charge in [0.25, 0.3) is 0 Å². The molecular weight excluding hydrogens is 509 g/mol. The highest BCUT2D eigenvalue weighted by atomic mass is 127. The van der Waals surface area contributed by atoms with Crippen LogP contribution in [0.2, 0.25) is 0 Å². The van der Waals surface area contributed by atoms with Crippen LogP contribution in [-0.4, -0.2) is 55.1 Å². The molecule has 1 atom stereocenters. The summed E-state index contributed by atoms with van der Waals surface area (Å²) >= 11 is 0. The van der Waals surface area contributed by atoms with Crippen LogP contribution < -0.4 is 16.0 Å². The van der Waals surface area contributed by atoms with E-state index in [1.165, 1.54) is 0 Å². The van der Waals surface area contributed by atoms with E-state index in [1.54, 1.807) is 0 Å². The van der Waals surface area contributed by atoms with Crippen molar-refractivity contribution in [1.82, 2.24) is 15.5 Å². The van der Waals surface area contributed by atoms with E-state index in [-0.39, 0.29) is 47.9 Å². The molecule has 1 fully saturated rings. The van der Waals surface area contributed by atoms with Crippen LogP contribution >= 0.6 is 24.0 Å². The molecule has 1 aliphatic rings. The van der Waals surface area contributed by atoms with E-state index in [4.69, 9.17) is 9.73 Å². The number of aliphatic imine (C=N–C) groups is 1. The van der Waals surface area contributed by atoms with Gasteiger partial charge < -0.3 is 25.6 Å². The number of piperidine rings is 1. The summed E-state index contributed by atoms with van der Waals surface area (Å²) < 4.78 is 5.20. The maximum Gasteiger partial charge on any atom is 0.319 e. The molecule has 2 rings (SSSR count). The Kier molecular flexibility index (Phi) is 12.3. The minimum absolute atomic E-state index is 0. The average molecular weight is 545 g/mol. The number of carbonyl (C=O) groups excluding carboxylic acids is 2. The summed E-state index contributed by atoms with van der Waals surface area (Å²) in [7, 11) is 0. The number of rotatable bonds is 7. The smallest absolute Gasteiger partial charge is 0.319 e. The van der Waals surface area contributed by atoms with Crippen LogP contribution in [0.25, 0.3) is 0 Å². The number of likely N-dealkylation sites (tertiary alicyclic amines) is 1. The van der Waals surface area contributed by atoms with Gasteiger partial charge in [-0.1, -0.05) is 12.1 Å². The van der Waals surface area contributed by atoms with E-state index < -0.39 is 0 Å². The van der Waals surface area contributed by atoms with Crippen molar-refractivity contribution in [3.63, 3.8) is 0 Å². The maximum atomic E-state index is 12.1. The number of benzene rings is 1. The number of amides is 2. The number of nitrogens with zero attached hydrogens (tertiary/aromatic N) is 2. The second-order valence-electron chi connectivity index (χ2n) is 7.66. The normalized spacial score (nSPS) is 16.4. The third-order valence-electron chi connectivity index (χ3n) is 4.72. The molecule has 3 N–H and O–H groups in total. The van der Waals surface area contributed by atoms with Crippen molar-refractivity contribution < 1.29 is 14.3 Å². The number of hydrogen-bond donors (Lipinski definition) is 3. The Balaban J connectivity index is 0.00000480. The first-order valence-corrected chi connectivity index (χ1v) is 10.8. The lowest BCUT2D eigenvalue weighted by molar-refractivity contribution is -0.149. The van der Waals surface area contributed by atoms with Gasteiger partial charge in [0, 0.05) is 31.4 Å². The molecule has 1 aliphatic heterocycles.